The summed E-state index contributed by atoms with van der Waals surface area (Å²) >= 11 is 0. The Morgan fingerprint density at radius 2 is 2.05 bits per heavy atom. The molecule has 5 heteroatoms. The first-order valence-electron chi connectivity index (χ1n) is 6.64. The van der Waals surface area contributed by atoms with Gasteiger partial charge in [0.05, 0.1) is 11.2 Å². The summed E-state index contributed by atoms with van der Waals surface area (Å²) in [5.74, 6) is 1.39. The number of hydrogen-bond donors (Lipinski definition) is 1. The second kappa shape index (κ2) is 3.86. The van der Waals surface area contributed by atoms with Crippen LogP contribution in [0.3, 0.4) is 0 Å². The van der Waals surface area contributed by atoms with E-state index < -0.39 is 0 Å². The minimum atomic E-state index is -0.315. The van der Waals surface area contributed by atoms with Gasteiger partial charge in [-0.25, -0.2) is 15.0 Å². The van der Waals surface area contributed by atoms with Crippen molar-refractivity contribution in [3.05, 3.63) is 42.2 Å². The fraction of sp³-hybridized carbons (Fsp3) is 0.267. The predicted octanol–water partition coefficient (Wildman–Crippen LogP) is 2.54. The maximum absolute atomic E-state index is 6.16. The number of rotatable bonds is 2. The van der Waals surface area contributed by atoms with Gasteiger partial charge in [0.15, 0.2) is 11.5 Å². The second-order valence-electron chi connectivity index (χ2n) is 5.34. The molecule has 4 rings (SSSR count). The Kier molecular flexibility index (Phi) is 2.23. The standard InChI is InChI=1S/C15H14N4O/c1-9-18-12-8-10(2-3-13(12)20-9)11-4-7-17-14(19-11)15(16)5-6-15/h2-4,7-8H,5-6,16H2,1H3. The Morgan fingerprint density at radius 3 is 2.85 bits per heavy atom. The second-order valence-corrected chi connectivity index (χ2v) is 5.34. The van der Waals surface area contributed by atoms with Crippen LogP contribution < -0.4 is 5.73 Å². The van der Waals surface area contributed by atoms with Crippen molar-refractivity contribution in [1.82, 2.24) is 15.0 Å². The first kappa shape index (κ1) is 11.5. The van der Waals surface area contributed by atoms with E-state index in [1.807, 2.05) is 31.2 Å². The molecule has 0 saturated heterocycles. The molecule has 0 unspecified atom stereocenters. The van der Waals surface area contributed by atoms with Gasteiger partial charge in [-0.2, -0.15) is 0 Å². The number of oxazole rings is 1. The largest absolute Gasteiger partial charge is 0.441 e. The van der Waals surface area contributed by atoms with Gasteiger partial charge in [0.25, 0.3) is 0 Å². The van der Waals surface area contributed by atoms with E-state index in [0.717, 1.165) is 41.0 Å². The van der Waals surface area contributed by atoms with E-state index in [-0.39, 0.29) is 5.54 Å². The predicted molar refractivity (Wildman–Crippen MR) is 74.9 cm³/mol. The van der Waals surface area contributed by atoms with Gasteiger partial charge in [0.1, 0.15) is 11.3 Å². The molecule has 20 heavy (non-hydrogen) atoms. The molecule has 1 aromatic carbocycles. The third kappa shape index (κ3) is 1.78. The highest BCUT2D eigenvalue weighted by Gasteiger charge is 2.43. The maximum atomic E-state index is 6.16. The minimum Gasteiger partial charge on any atom is -0.441 e. The molecule has 0 spiro atoms. The molecule has 1 saturated carbocycles. The van der Waals surface area contributed by atoms with Crippen molar-refractivity contribution in [2.45, 2.75) is 25.3 Å². The molecule has 2 N–H and O–H groups in total. The topological polar surface area (TPSA) is 77.8 Å². The third-order valence-electron chi connectivity index (χ3n) is 3.68. The molecule has 0 radical (unpaired) electrons. The molecule has 1 aliphatic carbocycles. The first-order chi connectivity index (χ1) is 9.64. The number of fused-ring (bicyclic) bond motifs is 1. The van der Waals surface area contributed by atoms with Crippen LogP contribution in [0.4, 0.5) is 0 Å². The highest BCUT2D eigenvalue weighted by Crippen LogP contribution is 2.41. The number of hydrogen-bond acceptors (Lipinski definition) is 5. The van der Waals surface area contributed by atoms with Crippen molar-refractivity contribution in [2.75, 3.05) is 0 Å². The molecular formula is C15H14N4O. The molecule has 100 valence electrons. The van der Waals surface area contributed by atoms with E-state index in [1.165, 1.54) is 0 Å². The molecule has 5 nitrogen and oxygen atoms in total. The molecule has 3 aromatic rings. The molecule has 2 aromatic heterocycles. The van der Waals surface area contributed by atoms with Crippen molar-refractivity contribution in [3.8, 4) is 11.3 Å². The van der Waals surface area contributed by atoms with Crippen LogP contribution in [0.1, 0.15) is 24.6 Å². The molecule has 1 aliphatic rings. The smallest absolute Gasteiger partial charge is 0.192 e. The quantitative estimate of drug-likeness (QED) is 0.771. The van der Waals surface area contributed by atoms with Crippen LogP contribution in [-0.4, -0.2) is 15.0 Å². The Morgan fingerprint density at radius 1 is 1.20 bits per heavy atom. The monoisotopic (exact) mass is 266 g/mol. The summed E-state index contributed by atoms with van der Waals surface area (Å²) in [6.45, 7) is 1.84. The zero-order valence-electron chi connectivity index (χ0n) is 11.1. The highest BCUT2D eigenvalue weighted by molar-refractivity contribution is 5.79. The van der Waals surface area contributed by atoms with E-state index >= 15 is 0 Å². The summed E-state index contributed by atoms with van der Waals surface area (Å²) < 4.78 is 5.48. The van der Waals surface area contributed by atoms with Crippen molar-refractivity contribution in [3.63, 3.8) is 0 Å². The van der Waals surface area contributed by atoms with Crippen LogP contribution >= 0.6 is 0 Å². The molecule has 0 atom stereocenters. The van der Waals surface area contributed by atoms with Crippen LogP contribution in [0, 0.1) is 6.92 Å². The normalized spacial score (nSPS) is 16.5. The molecule has 0 amide bonds. The van der Waals surface area contributed by atoms with E-state index in [1.54, 1.807) is 6.20 Å². The number of nitrogens with two attached hydrogens (primary N) is 1. The number of benzene rings is 1. The number of aromatic nitrogens is 3. The van der Waals surface area contributed by atoms with Gasteiger partial charge < -0.3 is 10.2 Å². The molecule has 2 heterocycles. The SMILES string of the molecule is Cc1nc2cc(-c3ccnc(C4(N)CC4)n3)ccc2o1. The van der Waals surface area contributed by atoms with Crippen molar-refractivity contribution >= 4 is 11.1 Å². The Hall–Kier alpha value is -2.27. The Bertz CT molecular complexity index is 804. The average Bonchev–Trinajstić information content (AvgIpc) is 3.09. The van der Waals surface area contributed by atoms with E-state index in [9.17, 15) is 0 Å². The van der Waals surface area contributed by atoms with Gasteiger partial charge in [0.2, 0.25) is 0 Å². The summed E-state index contributed by atoms with van der Waals surface area (Å²) in [5, 5.41) is 0. The zero-order chi connectivity index (χ0) is 13.7. The maximum Gasteiger partial charge on any atom is 0.192 e. The van der Waals surface area contributed by atoms with E-state index in [0.29, 0.717) is 5.89 Å². The third-order valence-corrected chi connectivity index (χ3v) is 3.68. The lowest BCUT2D eigenvalue weighted by atomic mass is 10.1. The van der Waals surface area contributed by atoms with E-state index in [2.05, 4.69) is 15.0 Å². The van der Waals surface area contributed by atoms with Gasteiger partial charge in [-0.05, 0) is 37.1 Å². The summed E-state index contributed by atoms with van der Waals surface area (Å²) in [4.78, 5) is 13.2. The molecule has 0 bridgehead atoms. The van der Waals surface area contributed by atoms with Crippen molar-refractivity contribution < 1.29 is 4.42 Å². The van der Waals surface area contributed by atoms with Crippen LogP contribution in [0.5, 0.6) is 0 Å². The van der Waals surface area contributed by atoms with Gasteiger partial charge in [-0.3, -0.25) is 0 Å². The molecule has 1 fully saturated rings. The van der Waals surface area contributed by atoms with Crippen LogP contribution in [0.25, 0.3) is 22.4 Å². The Labute approximate surface area is 115 Å². The van der Waals surface area contributed by atoms with Gasteiger partial charge >= 0.3 is 0 Å². The average molecular weight is 266 g/mol. The Balaban J connectivity index is 1.81. The lowest BCUT2D eigenvalue weighted by molar-refractivity contribution is 0.561. The molecule has 0 aliphatic heterocycles. The first-order valence-corrected chi connectivity index (χ1v) is 6.64. The lowest BCUT2D eigenvalue weighted by Crippen LogP contribution is -2.22. The highest BCUT2D eigenvalue weighted by atomic mass is 16.3. The van der Waals surface area contributed by atoms with Crippen LogP contribution in [0.2, 0.25) is 0 Å². The van der Waals surface area contributed by atoms with Crippen LogP contribution in [0.15, 0.2) is 34.9 Å². The van der Waals surface area contributed by atoms with Gasteiger partial charge in [-0.15, -0.1) is 0 Å². The van der Waals surface area contributed by atoms with Crippen molar-refractivity contribution in [2.24, 2.45) is 5.73 Å². The lowest BCUT2D eigenvalue weighted by Gasteiger charge is -2.08. The fourth-order valence-corrected chi connectivity index (χ4v) is 2.32. The van der Waals surface area contributed by atoms with Gasteiger partial charge in [-0.1, -0.05) is 0 Å². The summed E-state index contributed by atoms with van der Waals surface area (Å²) in [7, 11) is 0. The fourth-order valence-electron chi connectivity index (χ4n) is 2.32. The van der Waals surface area contributed by atoms with Gasteiger partial charge in [0, 0.05) is 18.7 Å². The summed E-state index contributed by atoms with van der Waals surface area (Å²) in [6.07, 6.45) is 3.68. The van der Waals surface area contributed by atoms with E-state index in [4.69, 9.17) is 10.2 Å². The summed E-state index contributed by atoms with van der Waals surface area (Å²) in [5.41, 5.74) is 9.34. The minimum absolute atomic E-state index is 0.315. The zero-order valence-corrected chi connectivity index (χ0v) is 11.1. The number of nitrogens with zero attached hydrogens (tertiary/aromatic N) is 3. The molecular weight excluding hydrogens is 252 g/mol. The number of aryl methyl sites for hydroxylation is 1. The van der Waals surface area contributed by atoms with Crippen LogP contribution in [-0.2, 0) is 5.54 Å². The van der Waals surface area contributed by atoms with Crippen molar-refractivity contribution in [1.29, 1.82) is 0 Å². The summed E-state index contributed by atoms with van der Waals surface area (Å²) in [6, 6.07) is 7.77.